The van der Waals surface area contributed by atoms with Gasteiger partial charge in [0.15, 0.2) is 5.82 Å². The molecule has 0 saturated carbocycles. The number of likely N-dealkylation sites (tertiary alicyclic amines) is 1. The first-order chi connectivity index (χ1) is 16.3. The predicted octanol–water partition coefficient (Wildman–Crippen LogP) is 4.41. The van der Waals surface area contributed by atoms with Gasteiger partial charge >= 0.3 is 0 Å². The van der Waals surface area contributed by atoms with Crippen molar-refractivity contribution < 1.29 is 14.3 Å². The molecule has 9 heteroatoms. The molecule has 6 nitrogen and oxygen atoms in total. The Labute approximate surface area is 210 Å². The number of aryl methyl sites for hydroxylation is 1. The van der Waals surface area contributed by atoms with E-state index in [4.69, 9.17) is 11.6 Å². The molecule has 2 aliphatic heterocycles. The highest BCUT2D eigenvalue weighted by Gasteiger charge is 2.49. The maximum Gasteiger partial charge on any atom is 0.254 e. The molecule has 34 heavy (non-hydrogen) atoms. The van der Waals surface area contributed by atoms with Crippen LogP contribution in [0.15, 0.2) is 34.9 Å². The molecule has 2 saturated heterocycles. The lowest BCUT2D eigenvalue weighted by molar-refractivity contribution is -0.108. The first-order valence-corrected chi connectivity index (χ1v) is 12.6. The molecule has 2 aliphatic rings. The molecule has 1 atom stereocenters. The van der Waals surface area contributed by atoms with Crippen LogP contribution in [-0.4, -0.2) is 57.4 Å². The topological polar surface area (TPSA) is 78.4 Å². The number of piperidine rings is 1. The standard InChI is InChI=1S/C25H25BrClFN4O2/c1-14-11-30-31-23-17(14)10-19(18(22(23)28)8-15-5-6-16(26)9-20(15)27)24(33)32-12-25(34,13-32)21-4-2-3-7-29-21/h5-6,9-11,21,29,34H,2-4,7-8,12-13H2,1H3/t21-/m0/s1. The normalized spacial score (nSPS) is 19.8. The third-order valence-corrected chi connectivity index (χ3v) is 7.81. The Morgan fingerprint density at radius 3 is 2.85 bits per heavy atom. The second kappa shape index (κ2) is 9.15. The maximum atomic E-state index is 15.8. The van der Waals surface area contributed by atoms with Crippen molar-refractivity contribution in [2.24, 2.45) is 0 Å². The van der Waals surface area contributed by atoms with Crippen molar-refractivity contribution in [3.05, 3.63) is 68.0 Å². The van der Waals surface area contributed by atoms with Gasteiger partial charge in [-0.25, -0.2) is 4.39 Å². The number of aromatic nitrogens is 2. The summed E-state index contributed by atoms with van der Waals surface area (Å²) in [6.07, 6.45) is 4.72. The molecule has 2 aromatic carbocycles. The van der Waals surface area contributed by atoms with Gasteiger partial charge in [-0.1, -0.05) is 40.0 Å². The van der Waals surface area contributed by atoms with Gasteiger partial charge in [-0.15, -0.1) is 5.10 Å². The number of benzene rings is 2. The quantitative estimate of drug-likeness (QED) is 0.506. The number of halogens is 3. The molecule has 3 heterocycles. The summed E-state index contributed by atoms with van der Waals surface area (Å²) < 4.78 is 16.6. The fourth-order valence-electron chi connectivity index (χ4n) is 5.00. The number of carbonyl (C=O) groups excluding carboxylic acids is 1. The number of β-amino-alcohol motifs (C(OH)–C–C–N with tert-alkyl or cyclic N) is 1. The fourth-order valence-corrected chi connectivity index (χ4v) is 5.74. The van der Waals surface area contributed by atoms with E-state index in [2.05, 4.69) is 31.4 Å². The lowest BCUT2D eigenvalue weighted by Gasteiger charge is -2.51. The monoisotopic (exact) mass is 546 g/mol. The highest BCUT2D eigenvalue weighted by atomic mass is 79.9. The summed E-state index contributed by atoms with van der Waals surface area (Å²) in [6, 6.07) is 7.05. The van der Waals surface area contributed by atoms with Crippen LogP contribution in [-0.2, 0) is 6.42 Å². The molecule has 0 unspecified atom stereocenters. The minimum absolute atomic E-state index is 0.0304. The van der Waals surface area contributed by atoms with Gasteiger partial charge in [0.2, 0.25) is 0 Å². The van der Waals surface area contributed by atoms with Gasteiger partial charge in [-0.2, -0.15) is 5.10 Å². The van der Waals surface area contributed by atoms with E-state index in [0.717, 1.165) is 35.8 Å². The number of rotatable bonds is 4. The van der Waals surface area contributed by atoms with Crippen LogP contribution in [0.3, 0.4) is 0 Å². The number of amides is 1. The highest BCUT2D eigenvalue weighted by molar-refractivity contribution is 9.10. The Morgan fingerprint density at radius 2 is 2.15 bits per heavy atom. The summed E-state index contributed by atoms with van der Waals surface area (Å²) in [5.41, 5.74) is 1.10. The number of nitrogens with one attached hydrogen (secondary N) is 1. The number of nitrogens with zero attached hydrogens (tertiary/aromatic N) is 3. The molecule has 1 aromatic heterocycles. The van der Waals surface area contributed by atoms with E-state index in [1.165, 1.54) is 0 Å². The van der Waals surface area contributed by atoms with Crippen molar-refractivity contribution >= 4 is 44.3 Å². The Bertz CT molecular complexity index is 1280. The Morgan fingerprint density at radius 1 is 1.35 bits per heavy atom. The van der Waals surface area contributed by atoms with Gasteiger partial charge < -0.3 is 15.3 Å². The van der Waals surface area contributed by atoms with Crippen LogP contribution >= 0.6 is 27.5 Å². The van der Waals surface area contributed by atoms with Gasteiger partial charge in [0.05, 0.1) is 19.3 Å². The zero-order valence-electron chi connectivity index (χ0n) is 18.7. The Kier molecular flexibility index (Phi) is 6.35. The third kappa shape index (κ3) is 4.21. The van der Waals surface area contributed by atoms with Crippen molar-refractivity contribution in [3.8, 4) is 0 Å². The van der Waals surface area contributed by atoms with Crippen molar-refractivity contribution in [1.29, 1.82) is 0 Å². The lowest BCUT2D eigenvalue weighted by Crippen LogP contribution is -2.72. The first kappa shape index (κ1) is 23.6. The molecule has 0 spiro atoms. The van der Waals surface area contributed by atoms with Crippen molar-refractivity contribution in [2.45, 2.75) is 44.2 Å². The summed E-state index contributed by atoms with van der Waals surface area (Å²) in [6.45, 7) is 3.12. The highest BCUT2D eigenvalue weighted by Crippen LogP contribution is 2.34. The van der Waals surface area contributed by atoms with Gasteiger partial charge in [0.1, 0.15) is 11.1 Å². The van der Waals surface area contributed by atoms with E-state index in [-0.39, 0.29) is 48.1 Å². The van der Waals surface area contributed by atoms with E-state index in [0.29, 0.717) is 16.0 Å². The van der Waals surface area contributed by atoms with Crippen LogP contribution in [0.5, 0.6) is 0 Å². The lowest BCUT2D eigenvalue weighted by atomic mass is 9.81. The van der Waals surface area contributed by atoms with Crippen molar-refractivity contribution in [2.75, 3.05) is 19.6 Å². The van der Waals surface area contributed by atoms with Gasteiger partial charge in [0.25, 0.3) is 5.91 Å². The largest absolute Gasteiger partial charge is 0.385 e. The molecular weight excluding hydrogens is 523 g/mol. The average Bonchev–Trinajstić information content (AvgIpc) is 2.80. The van der Waals surface area contributed by atoms with Gasteiger partial charge in [-0.3, -0.25) is 4.79 Å². The summed E-state index contributed by atoms with van der Waals surface area (Å²) >= 11 is 9.80. The maximum absolute atomic E-state index is 15.8. The second-order valence-corrected chi connectivity index (χ2v) is 10.6. The zero-order chi connectivity index (χ0) is 24.0. The van der Waals surface area contributed by atoms with Gasteiger partial charge in [0, 0.05) is 38.5 Å². The summed E-state index contributed by atoms with van der Waals surface area (Å²) in [7, 11) is 0. The number of hydrogen-bond acceptors (Lipinski definition) is 5. The molecule has 5 rings (SSSR count). The molecule has 0 radical (unpaired) electrons. The molecular formula is C25H25BrClFN4O2. The molecule has 3 aromatic rings. The van der Waals surface area contributed by atoms with Crippen LogP contribution in [0.2, 0.25) is 5.02 Å². The summed E-state index contributed by atoms with van der Waals surface area (Å²) in [5.74, 6) is -0.874. The summed E-state index contributed by atoms with van der Waals surface area (Å²) in [4.78, 5) is 15.2. The minimum atomic E-state index is -0.956. The fraction of sp³-hybridized carbons (Fsp3) is 0.400. The zero-order valence-corrected chi connectivity index (χ0v) is 21.1. The van der Waals surface area contributed by atoms with E-state index in [9.17, 15) is 9.90 Å². The molecule has 178 valence electrons. The smallest absolute Gasteiger partial charge is 0.254 e. The molecule has 0 bridgehead atoms. The first-order valence-electron chi connectivity index (χ1n) is 11.4. The summed E-state index contributed by atoms with van der Waals surface area (Å²) in [5, 5.41) is 23.4. The van der Waals surface area contributed by atoms with E-state index in [1.807, 2.05) is 19.1 Å². The van der Waals surface area contributed by atoms with E-state index < -0.39 is 11.4 Å². The number of fused-ring (bicyclic) bond motifs is 1. The number of carbonyl (C=O) groups is 1. The van der Waals surface area contributed by atoms with Crippen LogP contribution in [0, 0.1) is 12.7 Å². The van der Waals surface area contributed by atoms with Crippen LogP contribution in [0.1, 0.15) is 46.3 Å². The molecule has 0 aliphatic carbocycles. The SMILES string of the molecule is Cc1cnnc2c(F)c(Cc3ccc(Br)cc3Cl)c(C(=O)N3CC(O)([C@@H]4CCCCN4)C3)cc12. The number of hydrogen-bond donors (Lipinski definition) is 2. The van der Waals surface area contributed by atoms with Crippen molar-refractivity contribution in [3.63, 3.8) is 0 Å². The minimum Gasteiger partial charge on any atom is -0.385 e. The van der Waals surface area contributed by atoms with Crippen LogP contribution < -0.4 is 5.32 Å². The van der Waals surface area contributed by atoms with Crippen LogP contribution in [0.4, 0.5) is 4.39 Å². The average molecular weight is 548 g/mol. The van der Waals surface area contributed by atoms with Crippen molar-refractivity contribution in [1.82, 2.24) is 20.4 Å². The third-order valence-electron chi connectivity index (χ3n) is 6.96. The van der Waals surface area contributed by atoms with Crippen LogP contribution in [0.25, 0.3) is 10.9 Å². The second-order valence-electron chi connectivity index (χ2n) is 9.32. The molecule has 1 amide bonds. The van der Waals surface area contributed by atoms with Gasteiger partial charge in [-0.05, 0) is 55.6 Å². The Hall–Kier alpha value is -2.13. The molecule has 2 N–H and O–H groups in total. The Balaban J connectivity index is 1.52. The number of aliphatic hydroxyl groups is 1. The predicted molar refractivity (Wildman–Crippen MR) is 133 cm³/mol. The van der Waals surface area contributed by atoms with E-state index >= 15 is 4.39 Å². The van der Waals surface area contributed by atoms with E-state index in [1.54, 1.807) is 23.2 Å². The molecule has 2 fully saturated rings.